The summed E-state index contributed by atoms with van der Waals surface area (Å²) in [5.41, 5.74) is 0.179. The SMILES string of the molecule is COc1cc(/C=N\n2c(-c3ccco3)n[nH]c2=S)cc([N+](=O)[O-])c1OC. The molecule has 3 rings (SSSR count). The van der Waals surface area contributed by atoms with Crippen LogP contribution >= 0.6 is 12.2 Å². The topological polar surface area (TPSA) is 121 Å². The van der Waals surface area contributed by atoms with Crippen molar-refractivity contribution in [1.29, 1.82) is 0 Å². The monoisotopic (exact) mass is 375 g/mol. The van der Waals surface area contributed by atoms with Crippen LogP contribution in [-0.4, -0.2) is 40.2 Å². The molecule has 11 heteroatoms. The van der Waals surface area contributed by atoms with Crippen molar-refractivity contribution in [1.82, 2.24) is 14.9 Å². The van der Waals surface area contributed by atoms with Crippen LogP contribution in [0.25, 0.3) is 11.6 Å². The Kier molecular flexibility index (Phi) is 4.80. The number of rotatable bonds is 6. The third-order valence-corrected chi connectivity index (χ3v) is 3.66. The van der Waals surface area contributed by atoms with Gasteiger partial charge in [0.05, 0.1) is 31.6 Å². The van der Waals surface area contributed by atoms with Crippen molar-refractivity contribution in [2.75, 3.05) is 14.2 Å². The number of nitro groups is 1. The fourth-order valence-electron chi connectivity index (χ4n) is 2.26. The molecule has 0 aliphatic rings. The van der Waals surface area contributed by atoms with Gasteiger partial charge in [-0.25, -0.2) is 5.10 Å². The predicted octanol–water partition coefficient (Wildman–Crippen LogP) is 3.01. The van der Waals surface area contributed by atoms with Crippen LogP contribution in [0.15, 0.2) is 40.0 Å². The average molecular weight is 375 g/mol. The van der Waals surface area contributed by atoms with Gasteiger partial charge in [-0.1, -0.05) is 0 Å². The number of nitrogens with zero attached hydrogens (tertiary/aromatic N) is 4. The van der Waals surface area contributed by atoms with Crippen LogP contribution in [0.5, 0.6) is 11.5 Å². The van der Waals surface area contributed by atoms with Crippen molar-refractivity contribution in [2.45, 2.75) is 0 Å². The van der Waals surface area contributed by atoms with Crippen LogP contribution in [0.3, 0.4) is 0 Å². The Labute approximate surface area is 151 Å². The third-order valence-electron chi connectivity index (χ3n) is 3.39. The third kappa shape index (κ3) is 3.19. The van der Waals surface area contributed by atoms with Gasteiger partial charge in [0.2, 0.25) is 16.3 Å². The second-order valence-electron chi connectivity index (χ2n) is 4.92. The summed E-state index contributed by atoms with van der Waals surface area (Å²) in [5.74, 6) is 1.08. The first-order chi connectivity index (χ1) is 12.5. The van der Waals surface area contributed by atoms with E-state index in [2.05, 4.69) is 15.3 Å². The molecule has 0 bridgehead atoms. The quantitative estimate of drug-likeness (QED) is 0.304. The molecule has 0 unspecified atom stereocenters. The smallest absolute Gasteiger partial charge is 0.315 e. The lowest BCUT2D eigenvalue weighted by molar-refractivity contribution is -0.385. The lowest BCUT2D eigenvalue weighted by Crippen LogP contribution is -2.00. The second-order valence-corrected chi connectivity index (χ2v) is 5.31. The van der Waals surface area contributed by atoms with Crippen molar-refractivity contribution in [3.8, 4) is 23.1 Å². The Morgan fingerprint density at radius 2 is 2.23 bits per heavy atom. The highest BCUT2D eigenvalue weighted by Gasteiger charge is 2.21. The Hall–Kier alpha value is -3.47. The van der Waals surface area contributed by atoms with Gasteiger partial charge in [-0.2, -0.15) is 9.78 Å². The number of hydrogen-bond donors (Lipinski definition) is 1. The van der Waals surface area contributed by atoms with E-state index in [-0.39, 0.29) is 22.0 Å². The van der Waals surface area contributed by atoms with Crippen LogP contribution in [-0.2, 0) is 0 Å². The molecule has 0 aliphatic carbocycles. The minimum atomic E-state index is -0.559. The molecule has 10 nitrogen and oxygen atoms in total. The number of H-pyrrole nitrogens is 1. The van der Waals surface area contributed by atoms with Gasteiger partial charge in [0.1, 0.15) is 0 Å². The molecule has 0 amide bonds. The molecular weight excluding hydrogens is 362 g/mol. The largest absolute Gasteiger partial charge is 0.493 e. The Balaban J connectivity index is 2.05. The van der Waals surface area contributed by atoms with Gasteiger partial charge in [-0.15, -0.1) is 5.10 Å². The zero-order valence-electron chi connectivity index (χ0n) is 13.7. The molecule has 0 fully saturated rings. The normalized spacial score (nSPS) is 11.0. The minimum absolute atomic E-state index is 0.0332. The summed E-state index contributed by atoms with van der Waals surface area (Å²) < 4.78 is 17.1. The highest BCUT2D eigenvalue weighted by molar-refractivity contribution is 7.71. The van der Waals surface area contributed by atoms with Crippen molar-refractivity contribution >= 4 is 24.1 Å². The van der Waals surface area contributed by atoms with Gasteiger partial charge >= 0.3 is 5.69 Å². The van der Waals surface area contributed by atoms with Gasteiger partial charge in [-0.3, -0.25) is 10.1 Å². The van der Waals surface area contributed by atoms with E-state index in [1.54, 1.807) is 18.2 Å². The van der Waals surface area contributed by atoms with Gasteiger partial charge in [0.25, 0.3) is 0 Å². The number of methoxy groups -OCH3 is 2. The number of benzene rings is 1. The molecule has 0 spiro atoms. The number of nitro benzene ring substituents is 1. The van der Waals surface area contributed by atoms with Gasteiger partial charge < -0.3 is 13.9 Å². The van der Waals surface area contributed by atoms with Crippen molar-refractivity contribution in [2.24, 2.45) is 5.10 Å². The molecule has 0 atom stereocenters. The van der Waals surface area contributed by atoms with E-state index in [1.165, 1.54) is 37.4 Å². The van der Waals surface area contributed by atoms with E-state index in [1.807, 2.05) is 0 Å². The van der Waals surface area contributed by atoms with E-state index < -0.39 is 4.92 Å². The summed E-state index contributed by atoms with van der Waals surface area (Å²) >= 11 is 5.15. The van der Waals surface area contributed by atoms with E-state index in [0.29, 0.717) is 17.1 Å². The maximum Gasteiger partial charge on any atom is 0.315 e. The van der Waals surface area contributed by atoms with Crippen molar-refractivity contribution < 1.29 is 18.8 Å². The van der Waals surface area contributed by atoms with E-state index in [9.17, 15) is 10.1 Å². The summed E-state index contributed by atoms with van der Waals surface area (Å²) in [4.78, 5) is 10.7. The highest BCUT2D eigenvalue weighted by Crippen LogP contribution is 2.37. The molecule has 2 aromatic heterocycles. The minimum Gasteiger partial charge on any atom is -0.493 e. The molecule has 134 valence electrons. The number of aromatic nitrogens is 3. The Bertz CT molecular complexity index is 1020. The second kappa shape index (κ2) is 7.19. The molecule has 0 radical (unpaired) electrons. The molecule has 3 aromatic rings. The summed E-state index contributed by atoms with van der Waals surface area (Å²) in [6, 6.07) is 6.30. The first-order valence-electron chi connectivity index (χ1n) is 7.21. The van der Waals surface area contributed by atoms with Gasteiger partial charge in [0.15, 0.2) is 11.5 Å². The summed E-state index contributed by atoms with van der Waals surface area (Å²) in [6.07, 6.45) is 2.89. The molecular formula is C15H13N5O5S. The zero-order valence-corrected chi connectivity index (χ0v) is 14.5. The van der Waals surface area contributed by atoms with E-state index in [0.717, 1.165) is 0 Å². The van der Waals surface area contributed by atoms with Crippen LogP contribution in [0.4, 0.5) is 5.69 Å². The maximum absolute atomic E-state index is 11.3. The molecule has 0 saturated carbocycles. The molecule has 2 heterocycles. The Morgan fingerprint density at radius 1 is 1.42 bits per heavy atom. The predicted molar refractivity (Wildman–Crippen MR) is 94.3 cm³/mol. The fourth-order valence-corrected chi connectivity index (χ4v) is 2.44. The van der Waals surface area contributed by atoms with Crippen LogP contribution in [0, 0.1) is 14.9 Å². The molecule has 0 aliphatic heterocycles. The van der Waals surface area contributed by atoms with Crippen LogP contribution in [0.1, 0.15) is 5.56 Å². The fraction of sp³-hybridized carbons (Fsp3) is 0.133. The number of ether oxygens (including phenoxy) is 2. The maximum atomic E-state index is 11.3. The van der Waals surface area contributed by atoms with Gasteiger partial charge in [0, 0.05) is 11.6 Å². The number of aromatic amines is 1. The van der Waals surface area contributed by atoms with Crippen molar-refractivity contribution in [3.05, 3.63) is 51.0 Å². The standard InChI is InChI=1S/C15H13N5O5S/c1-23-12-7-9(6-10(20(21)22)13(12)24-2)8-16-19-14(17-18-15(19)26)11-4-3-5-25-11/h3-8H,1-2H3,(H,18,26)/b16-8-. The molecule has 0 saturated heterocycles. The summed E-state index contributed by atoms with van der Waals surface area (Å²) in [7, 11) is 2.72. The van der Waals surface area contributed by atoms with E-state index >= 15 is 0 Å². The van der Waals surface area contributed by atoms with Crippen molar-refractivity contribution in [3.63, 3.8) is 0 Å². The first kappa shape index (κ1) is 17.4. The molecule has 1 N–H and O–H groups in total. The average Bonchev–Trinajstić information content (AvgIpc) is 3.28. The number of nitrogens with one attached hydrogen (secondary N) is 1. The lowest BCUT2D eigenvalue weighted by Gasteiger charge is -2.08. The van der Waals surface area contributed by atoms with Gasteiger partial charge in [-0.05, 0) is 30.4 Å². The number of furan rings is 1. The van der Waals surface area contributed by atoms with Crippen LogP contribution in [0.2, 0.25) is 0 Å². The lowest BCUT2D eigenvalue weighted by atomic mass is 10.2. The van der Waals surface area contributed by atoms with Crippen LogP contribution < -0.4 is 9.47 Å². The zero-order chi connectivity index (χ0) is 18.7. The first-order valence-corrected chi connectivity index (χ1v) is 7.62. The Morgan fingerprint density at radius 3 is 2.85 bits per heavy atom. The van der Waals surface area contributed by atoms with E-state index in [4.69, 9.17) is 26.1 Å². The molecule has 1 aromatic carbocycles. The highest BCUT2D eigenvalue weighted by atomic mass is 32.1. The summed E-state index contributed by atoms with van der Waals surface area (Å²) in [5, 5.41) is 22.2. The molecule has 26 heavy (non-hydrogen) atoms. The number of hydrogen-bond acceptors (Lipinski definition) is 8. The summed E-state index contributed by atoms with van der Waals surface area (Å²) in [6.45, 7) is 0.